The second-order valence-electron chi connectivity index (χ2n) is 8.62. The molecule has 1 aliphatic heterocycles. The zero-order valence-electron chi connectivity index (χ0n) is 17.6. The first kappa shape index (κ1) is 20.8. The van der Waals surface area contributed by atoms with Gasteiger partial charge in [0.25, 0.3) is 5.91 Å². The van der Waals surface area contributed by atoms with Gasteiger partial charge in [0.1, 0.15) is 5.75 Å². The van der Waals surface area contributed by atoms with Gasteiger partial charge in [0.2, 0.25) is 11.8 Å². The summed E-state index contributed by atoms with van der Waals surface area (Å²) < 4.78 is 5.87. The van der Waals surface area contributed by atoms with Gasteiger partial charge in [0.15, 0.2) is 0 Å². The third-order valence-corrected chi connectivity index (χ3v) is 4.96. The quantitative estimate of drug-likeness (QED) is 0.859. The highest BCUT2D eigenvalue weighted by atomic mass is 16.5. The maximum absolute atomic E-state index is 12.6. The molecule has 3 rings (SSSR count). The molecular formula is C23H29N3O3. The normalized spacial score (nSPS) is 14.0. The van der Waals surface area contributed by atoms with E-state index in [-0.39, 0.29) is 17.2 Å². The fourth-order valence-corrected chi connectivity index (χ4v) is 3.42. The average molecular weight is 396 g/mol. The predicted octanol–water partition coefficient (Wildman–Crippen LogP) is 3.60. The Labute approximate surface area is 172 Å². The van der Waals surface area contributed by atoms with Gasteiger partial charge in [-0.05, 0) is 47.6 Å². The number of pyridine rings is 1. The molecule has 1 aromatic heterocycles. The van der Waals surface area contributed by atoms with Gasteiger partial charge < -0.3 is 15.0 Å². The number of fused-ring (bicyclic) bond motifs is 1. The van der Waals surface area contributed by atoms with Crippen LogP contribution in [0.15, 0.2) is 36.5 Å². The number of hydrogen-bond acceptors (Lipinski definition) is 4. The molecule has 2 aromatic rings. The molecular weight excluding hydrogens is 366 g/mol. The zero-order valence-corrected chi connectivity index (χ0v) is 17.6. The van der Waals surface area contributed by atoms with Crippen LogP contribution >= 0.6 is 0 Å². The number of ether oxygens (including phenoxy) is 1. The maximum atomic E-state index is 12.6. The van der Waals surface area contributed by atoms with Crippen molar-refractivity contribution in [3.8, 4) is 11.6 Å². The van der Waals surface area contributed by atoms with Crippen molar-refractivity contribution >= 4 is 11.8 Å². The van der Waals surface area contributed by atoms with Crippen molar-refractivity contribution in [2.75, 3.05) is 20.1 Å². The molecule has 2 amide bonds. The van der Waals surface area contributed by atoms with Gasteiger partial charge in [-0.15, -0.1) is 0 Å². The summed E-state index contributed by atoms with van der Waals surface area (Å²) in [5.74, 6) is 1.19. The first-order valence-electron chi connectivity index (χ1n) is 10.0. The van der Waals surface area contributed by atoms with E-state index in [2.05, 4.69) is 37.1 Å². The van der Waals surface area contributed by atoms with Gasteiger partial charge in [-0.3, -0.25) is 9.59 Å². The van der Waals surface area contributed by atoms with E-state index in [4.69, 9.17) is 4.74 Å². The Morgan fingerprint density at radius 3 is 2.45 bits per heavy atom. The zero-order chi connectivity index (χ0) is 21.0. The number of benzene rings is 1. The topological polar surface area (TPSA) is 71.5 Å². The lowest BCUT2D eigenvalue weighted by Gasteiger charge is -2.25. The van der Waals surface area contributed by atoms with Crippen molar-refractivity contribution in [2.24, 2.45) is 5.41 Å². The van der Waals surface area contributed by atoms with Crippen molar-refractivity contribution in [1.29, 1.82) is 0 Å². The summed E-state index contributed by atoms with van der Waals surface area (Å²) in [7, 11) is 1.58. The fourth-order valence-electron chi connectivity index (χ4n) is 3.42. The molecule has 29 heavy (non-hydrogen) atoms. The van der Waals surface area contributed by atoms with Crippen LogP contribution in [-0.4, -0.2) is 41.8 Å². The highest BCUT2D eigenvalue weighted by molar-refractivity contribution is 5.93. The molecule has 1 aromatic carbocycles. The molecule has 154 valence electrons. The van der Waals surface area contributed by atoms with Gasteiger partial charge in [0.05, 0.1) is 5.56 Å². The van der Waals surface area contributed by atoms with Gasteiger partial charge in [-0.2, -0.15) is 0 Å². The van der Waals surface area contributed by atoms with Crippen LogP contribution in [-0.2, 0) is 17.6 Å². The second-order valence-corrected chi connectivity index (χ2v) is 8.62. The van der Waals surface area contributed by atoms with Crippen molar-refractivity contribution in [3.05, 3.63) is 53.2 Å². The summed E-state index contributed by atoms with van der Waals surface area (Å²) in [5, 5.41) is 2.57. The third-order valence-electron chi connectivity index (χ3n) is 4.96. The molecule has 0 atom stereocenters. The number of carbonyl (C=O) groups excluding carboxylic acids is 2. The number of aromatic nitrogens is 1. The smallest absolute Gasteiger partial charge is 0.252 e. The van der Waals surface area contributed by atoms with Crippen LogP contribution in [0.1, 0.15) is 48.7 Å². The molecule has 6 heteroatoms. The summed E-state index contributed by atoms with van der Waals surface area (Å²) in [6.45, 7) is 7.76. The van der Waals surface area contributed by atoms with Gasteiger partial charge >= 0.3 is 0 Å². The van der Waals surface area contributed by atoms with E-state index in [0.717, 1.165) is 25.9 Å². The lowest BCUT2D eigenvalue weighted by Crippen LogP contribution is -2.35. The summed E-state index contributed by atoms with van der Waals surface area (Å²) >= 11 is 0. The Bertz CT molecular complexity index is 885. The Kier molecular flexibility index (Phi) is 6.20. The number of hydrogen-bond donors (Lipinski definition) is 1. The Hall–Kier alpha value is -2.89. The first-order chi connectivity index (χ1) is 13.7. The molecule has 6 nitrogen and oxygen atoms in total. The number of rotatable bonds is 4. The van der Waals surface area contributed by atoms with Crippen LogP contribution in [0.5, 0.6) is 11.6 Å². The molecule has 0 spiro atoms. The molecule has 0 unspecified atom stereocenters. The molecule has 0 bridgehead atoms. The van der Waals surface area contributed by atoms with Crippen LogP contribution < -0.4 is 10.1 Å². The van der Waals surface area contributed by atoms with Crippen LogP contribution in [0, 0.1) is 5.41 Å². The molecule has 1 N–H and O–H groups in total. The summed E-state index contributed by atoms with van der Waals surface area (Å²) in [6.07, 6.45) is 3.72. The van der Waals surface area contributed by atoms with E-state index >= 15 is 0 Å². The largest absolute Gasteiger partial charge is 0.439 e. The van der Waals surface area contributed by atoms with Crippen LogP contribution in [0.3, 0.4) is 0 Å². The fraction of sp³-hybridized carbons (Fsp3) is 0.435. The molecule has 0 saturated heterocycles. The van der Waals surface area contributed by atoms with E-state index in [0.29, 0.717) is 23.6 Å². The number of nitrogens with one attached hydrogen (secondary N) is 1. The summed E-state index contributed by atoms with van der Waals surface area (Å²) in [5.41, 5.74) is 2.95. The molecule has 0 radical (unpaired) electrons. The minimum Gasteiger partial charge on any atom is -0.439 e. The molecule has 0 saturated carbocycles. The minimum atomic E-state index is -0.181. The molecule has 1 aliphatic rings. The van der Waals surface area contributed by atoms with Gasteiger partial charge in [-0.1, -0.05) is 26.8 Å². The predicted molar refractivity (Wildman–Crippen MR) is 112 cm³/mol. The summed E-state index contributed by atoms with van der Waals surface area (Å²) in [4.78, 5) is 30.4. The van der Waals surface area contributed by atoms with E-state index in [1.54, 1.807) is 19.2 Å². The Morgan fingerprint density at radius 2 is 1.83 bits per heavy atom. The summed E-state index contributed by atoms with van der Waals surface area (Å²) in [6, 6.07) is 9.40. The third kappa shape index (κ3) is 5.56. The molecule has 0 fully saturated rings. The van der Waals surface area contributed by atoms with E-state index in [9.17, 15) is 9.59 Å². The lowest BCUT2D eigenvalue weighted by atomic mass is 9.91. The first-order valence-corrected chi connectivity index (χ1v) is 10.0. The van der Waals surface area contributed by atoms with Gasteiger partial charge in [-0.25, -0.2) is 4.98 Å². The van der Waals surface area contributed by atoms with Crippen molar-refractivity contribution in [3.63, 3.8) is 0 Å². The molecule has 2 heterocycles. The minimum absolute atomic E-state index is 0.00238. The lowest BCUT2D eigenvalue weighted by molar-refractivity contribution is -0.133. The maximum Gasteiger partial charge on any atom is 0.252 e. The molecule has 0 aliphatic carbocycles. The van der Waals surface area contributed by atoms with Crippen LogP contribution in [0.25, 0.3) is 0 Å². The van der Waals surface area contributed by atoms with Crippen LogP contribution in [0.2, 0.25) is 0 Å². The number of nitrogens with zero attached hydrogens (tertiary/aromatic N) is 2. The second kappa shape index (κ2) is 8.64. The highest BCUT2D eigenvalue weighted by Gasteiger charge is 2.23. The standard InChI is InChI=1S/C23H29N3O3/c1-23(2,3)14-21(27)26-11-9-16-5-7-19(13-17(16)10-12-26)29-20-8-6-18(15-25-20)22(28)24-4/h5-8,13,15H,9-12,14H2,1-4H3,(H,24,28). The van der Waals surface area contributed by atoms with E-state index < -0.39 is 0 Å². The van der Waals surface area contributed by atoms with Gasteiger partial charge in [0, 0.05) is 38.8 Å². The highest BCUT2D eigenvalue weighted by Crippen LogP contribution is 2.26. The van der Waals surface area contributed by atoms with Crippen molar-refractivity contribution in [2.45, 2.75) is 40.0 Å². The van der Waals surface area contributed by atoms with E-state index in [1.165, 1.54) is 17.3 Å². The number of amides is 2. The SMILES string of the molecule is CNC(=O)c1ccc(Oc2ccc3c(c2)CCN(C(=O)CC(C)(C)C)CC3)nc1. The van der Waals surface area contributed by atoms with Crippen molar-refractivity contribution in [1.82, 2.24) is 15.2 Å². The number of carbonyl (C=O) groups is 2. The monoisotopic (exact) mass is 395 g/mol. The van der Waals surface area contributed by atoms with E-state index in [1.807, 2.05) is 17.0 Å². The Balaban J connectivity index is 1.67. The Morgan fingerprint density at radius 1 is 1.10 bits per heavy atom. The van der Waals surface area contributed by atoms with Crippen LogP contribution in [0.4, 0.5) is 0 Å². The average Bonchev–Trinajstić information content (AvgIpc) is 2.89. The van der Waals surface area contributed by atoms with Crippen molar-refractivity contribution < 1.29 is 14.3 Å².